The van der Waals surface area contributed by atoms with Gasteiger partial charge in [0.05, 0.1) is 30.7 Å². The maximum atomic E-state index is 12.7. The van der Waals surface area contributed by atoms with E-state index in [1.807, 2.05) is 13.8 Å². The number of halogens is 3. The van der Waals surface area contributed by atoms with Crippen LogP contribution < -0.4 is 14.9 Å². The van der Waals surface area contributed by atoms with Crippen molar-refractivity contribution < 1.29 is 22.6 Å². The highest BCUT2D eigenvalue weighted by atomic mass is 19.4. The zero-order chi connectivity index (χ0) is 19.0. The number of alkyl halides is 3. The van der Waals surface area contributed by atoms with E-state index in [2.05, 4.69) is 10.5 Å². The van der Waals surface area contributed by atoms with Gasteiger partial charge in [0.15, 0.2) is 11.5 Å². The molecule has 7 heteroatoms. The van der Waals surface area contributed by atoms with Crippen LogP contribution in [0.15, 0.2) is 47.6 Å². The fourth-order valence-electron chi connectivity index (χ4n) is 2.15. The van der Waals surface area contributed by atoms with Crippen molar-refractivity contribution in [2.24, 2.45) is 5.10 Å². The minimum absolute atomic E-state index is 0.254. The number of ether oxygens (including phenoxy) is 2. The van der Waals surface area contributed by atoms with E-state index in [9.17, 15) is 13.2 Å². The summed E-state index contributed by atoms with van der Waals surface area (Å²) < 4.78 is 49.3. The molecule has 2 aromatic rings. The first-order valence-corrected chi connectivity index (χ1v) is 8.30. The summed E-state index contributed by atoms with van der Waals surface area (Å²) in [6.07, 6.45) is -2.00. The van der Waals surface area contributed by atoms with Crippen molar-refractivity contribution in [1.82, 2.24) is 0 Å². The third kappa shape index (κ3) is 5.68. The van der Waals surface area contributed by atoms with Gasteiger partial charge < -0.3 is 9.47 Å². The summed E-state index contributed by atoms with van der Waals surface area (Å²) in [6.45, 7) is 4.97. The quantitative estimate of drug-likeness (QED) is 0.507. The van der Waals surface area contributed by atoms with Crippen LogP contribution in [0, 0.1) is 0 Å². The lowest BCUT2D eigenvalue weighted by Gasteiger charge is -2.12. The normalized spacial score (nSPS) is 11.6. The first-order valence-electron chi connectivity index (χ1n) is 8.30. The fourth-order valence-corrected chi connectivity index (χ4v) is 2.15. The molecule has 0 aromatic heterocycles. The molecule has 0 radical (unpaired) electrons. The van der Waals surface area contributed by atoms with Crippen molar-refractivity contribution in [2.75, 3.05) is 18.6 Å². The Hall–Kier alpha value is -2.70. The van der Waals surface area contributed by atoms with Gasteiger partial charge in [-0.2, -0.15) is 18.3 Å². The highest BCUT2D eigenvalue weighted by Crippen LogP contribution is 2.31. The van der Waals surface area contributed by atoms with Gasteiger partial charge in [0.1, 0.15) is 0 Å². The van der Waals surface area contributed by atoms with Gasteiger partial charge in [0, 0.05) is 0 Å². The maximum Gasteiger partial charge on any atom is 0.416 e. The minimum atomic E-state index is -4.39. The fraction of sp³-hybridized carbons (Fsp3) is 0.316. The van der Waals surface area contributed by atoms with Crippen molar-refractivity contribution in [3.63, 3.8) is 0 Å². The monoisotopic (exact) mass is 366 g/mol. The summed E-state index contributed by atoms with van der Waals surface area (Å²) in [7, 11) is 0. The van der Waals surface area contributed by atoms with Crippen molar-refractivity contribution in [3.8, 4) is 11.5 Å². The van der Waals surface area contributed by atoms with E-state index in [1.165, 1.54) is 18.3 Å². The first-order chi connectivity index (χ1) is 12.4. The summed E-state index contributed by atoms with van der Waals surface area (Å²) in [4.78, 5) is 0. The molecule has 26 heavy (non-hydrogen) atoms. The topological polar surface area (TPSA) is 42.8 Å². The number of hydrogen-bond acceptors (Lipinski definition) is 4. The number of hydrazone groups is 1. The Labute approximate surface area is 150 Å². The number of nitrogens with one attached hydrogen (secondary N) is 1. The van der Waals surface area contributed by atoms with Crippen molar-refractivity contribution in [1.29, 1.82) is 0 Å². The molecule has 0 fully saturated rings. The third-order valence-corrected chi connectivity index (χ3v) is 3.33. The molecule has 2 rings (SSSR count). The van der Waals surface area contributed by atoms with Crippen LogP contribution in [0.5, 0.6) is 11.5 Å². The summed E-state index contributed by atoms with van der Waals surface area (Å²) >= 11 is 0. The van der Waals surface area contributed by atoms with Gasteiger partial charge in [-0.25, -0.2) is 0 Å². The molecular formula is C19H21F3N2O2. The average molecular weight is 366 g/mol. The largest absolute Gasteiger partial charge is 0.490 e. The zero-order valence-corrected chi connectivity index (χ0v) is 14.6. The van der Waals surface area contributed by atoms with E-state index in [-0.39, 0.29) is 5.69 Å². The molecule has 0 saturated carbocycles. The zero-order valence-electron chi connectivity index (χ0n) is 14.6. The smallest absolute Gasteiger partial charge is 0.416 e. The van der Waals surface area contributed by atoms with Gasteiger partial charge in [-0.3, -0.25) is 5.43 Å². The molecule has 0 bridgehead atoms. The Bertz CT molecular complexity index is 746. The van der Waals surface area contributed by atoms with Gasteiger partial charge in [-0.1, -0.05) is 13.0 Å². The second-order valence-corrected chi connectivity index (χ2v) is 5.44. The van der Waals surface area contributed by atoms with E-state index in [1.54, 1.807) is 18.2 Å². The molecule has 0 amide bonds. The minimum Gasteiger partial charge on any atom is -0.490 e. The van der Waals surface area contributed by atoms with Crippen molar-refractivity contribution in [2.45, 2.75) is 26.4 Å². The van der Waals surface area contributed by atoms with Crippen molar-refractivity contribution in [3.05, 3.63) is 53.6 Å². The van der Waals surface area contributed by atoms with Crippen LogP contribution in [0.3, 0.4) is 0 Å². The number of benzene rings is 2. The third-order valence-electron chi connectivity index (χ3n) is 3.33. The molecule has 0 aliphatic carbocycles. The Balaban J connectivity index is 2.09. The molecule has 4 nitrogen and oxygen atoms in total. The lowest BCUT2D eigenvalue weighted by molar-refractivity contribution is -0.137. The van der Waals surface area contributed by atoms with Gasteiger partial charge >= 0.3 is 6.18 Å². The van der Waals surface area contributed by atoms with Crippen LogP contribution in [0.25, 0.3) is 0 Å². The molecule has 1 N–H and O–H groups in total. The summed E-state index contributed by atoms with van der Waals surface area (Å²) in [5.41, 5.74) is 2.86. The number of rotatable bonds is 8. The molecule has 0 saturated heterocycles. The number of anilines is 1. The Morgan fingerprint density at radius 1 is 1.04 bits per heavy atom. The van der Waals surface area contributed by atoms with Crippen LogP contribution in [0.4, 0.5) is 18.9 Å². The van der Waals surface area contributed by atoms with E-state index in [0.29, 0.717) is 24.7 Å². The van der Waals surface area contributed by atoms with Crippen LogP contribution >= 0.6 is 0 Å². The van der Waals surface area contributed by atoms with Gasteiger partial charge in [0.25, 0.3) is 0 Å². The average Bonchev–Trinajstić information content (AvgIpc) is 2.61. The van der Waals surface area contributed by atoms with Crippen LogP contribution in [0.2, 0.25) is 0 Å². The Morgan fingerprint density at radius 2 is 1.85 bits per heavy atom. The first kappa shape index (κ1) is 19.6. The van der Waals surface area contributed by atoms with E-state index in [4.69, 9.17) is 9.47 Å². The van der Waals surface area contributed by atoms with Gasteiger partial charge in [-0.15, -0.1) is 0 Å². The predicted octanol–water partition coefficient (Wildman–Crippen LogP) is 5.34. The molecular weight excluding hydrogens is 345 g/mol. The lowest BCUT2D eigenvalue weighted by atomic mass is 10.2. The summed E-state index contributed by atoms with van der Waals surface area (Å²) in [5.74, 6) is 1.25. The van der Waals surface area contributed by atoms with Crippen LogP contribution in [-0.4, -0.2) is 19.4 Å². The SMILES string of the molecule is CCCOc1ccc(C=NNc2cccc(C(F)(F)F)c2)cc1OCC. The van der Waals surface area contributed by atoms with Gasteiger partial charge in [-0.05, 0) is 55.3 Å². The molecule has 0 spiro atoms. The van der Waals surface area contributed by atoms with E-state index >= 15 is 0 Å². The summed E-state index contributed by atoms with van der Waals surface area (Å²) in [6, 6.07) is 10.2. The second kappa shape index (κ2) is 9.12. The molecule has 140 valence electrons. The molecule has 0 atom stereocenters. The van der Waals surface area contributed by atoms with E-state index in [0.717, 1.165) is 24.1 Å². The van der Waals surface area contributed by atoms with Crippen molar-refractivity contribution >= 4 is 11.9 Å². The highest BCUT2D eigenvalue weighted by molar-refractivity contribution is 5.81. The molecule has 2 aromatic carbocycles. The van der Waals surface area contributed by atoms with Crippen LogP contribution in [-0.2, 0) is 6.18 Å². The Morgan fingerprint density at radius 3 is 2.54 bits per heavy atom. The molecule has 0 aliphatic heterocycles. The number of nitrogens with zero attached hydrogens (tertiary/aromatic N) is 1. The van der Waals surface area contributed by atoms with Crippen LogP contribution in [0.1, 0.15) is 31.4 Å². The molecule has 0 unspecified atom stereocenters. The maximum absolute atomic E-state index is 12.7. The standard InChI is InChI=1S/C19H21F3N2O2/c1-3-10-26-17-9-8-14(11-18(17)25-4-2)13-23-24-16-7-5-6-15(12-16)19(20,21)22/h5-9,11-13,24H,3-4,10H2,1-2H3. The predicted molar refractivity (Wildman–Crippen MR) is 96.1 cm³/mol. The summed E-state index contributed by atoms with van der Waals surface area (Å²) in [5, 5.41) is 3.99. The van der Waals surface area contributed by atoms with Gasteiger partial charge in [0.2, 0.25) is 0 Å². The van der Waals surface area contributed by atoms with E-state index < -0.39 is 11.7 Å². The lowest BCUT2D eigenvalue weighted by Crippen LogP contribution is -2.05. The molecule has 0 heterocycles. The number of hydrogen-bond donors (Lipinski definition) is 1. The highest BCUT2D eigenvalue weighted by Gasteiger charge is 2.30. The Kier molecular flexibility index (Phi) is 6.89. The second-order valence-electron chi connectivity index (χ2n) is 5.44. The molecule has 0 aliphatic rings.